The van der Waals surface area contributed by atoms with Crippen LogP contribution in [0.25, 0.3) is 0 Å². The van der Waals surface area contributed by atoms with Gasteiger partial charge in [-0.05, 0) is 31.6 Å². The molecule has 1 aliphatic carbocycles. The number of hydrogen-bond acceptors (Lipinski definition) is 3. The number of ether oxygens (including phenoxy) is 1. The van der Waals surface area contributed by atoms with E-state index >= 15 is 0 Å². The molecule has 0 radical (unpaired) electrons. The lowest BCUT2D eigenvalue weighted by Crippen LogP contribution is -2.42. The summed E-state index contributed by atoms with van der Waals surface area (Å²) < 4.78 is 44.0. The van der Waals surface area contributed by atoms with Gasteiger partial charge in [0.2, 0.25) is 0 Å². The van der Waals surface area contributed by atoms with Gasteiger partial charge in [0, 0.05) is 26.7 Å². The molecule has 1 heterocycles. The van der Waals surface area contributed by atoms with Crippen molar-refractivity contribution >= 4 is 12.0 Å². The van der Waals surface area contributed by atoms with Crippen LogP contribution in [0.3, 0.4) is 0 Å². The zero-order chi connectivity index (χ0) is 17.9. The predicted octanol–water partition coefficient (Wildman–Crippen LogP) is 2.10. The van der Waals surface area contributed by atoms with Crippen LogP contribution in [0.4, 0.5) is 18.0 Å². The minimum atomic E-state index is -4.63. The number of carboxylic acid groups (broad SMARTS) is 1. The van der Waals surface area contributed by atoms with E-state index < -0.39 is 43.1 Å². The van der Waals surface area contributed by atoms with E-state index in [0.717, 1.165) is 30.6 Å². The van der Waals surface area contributed by atoms with Crippen molar-refractivity contribution in [1.29, 1.82) is 0 Å². The van der Waals surface area contributed by atoms with Crippen LogP contribution in [0, 0.1) is 17.8 Å². The van der Waals surface area contributed by atoms with Gasteiger partial charge >= 0.3 is 18.2 Å². The molecule has 138 valence electrons. The molecule has 1 aliphatic heterocycles. The number of carbonyl (C=O) groups is 2. The normalized spacial score (nSPS) is 31.1. The first-order valence-electron chi connectivity index (χ1n) is 8.07. The maximum atomic E-state index is 12.9. The maximum absolute atomic E-state index is 12.9. The topological polar surface area (TPSA) is 78.9 Å². The van der Waals surface area contributed by atoms with E-state index in [-0.39, 0.29) is 12.0 Å². The number of urea groups is 1. The van der Waals surface area contributed by atoms with Crippen LogP contribution in [0.1, 0.15) is 25.7 Å². The number of alkyl halides is 3. The average molecular weight is 352 g/mol. The quantitative estimate of drug-likeness (QED) is 0.812. The van der Waals surface area contributed by atoms with Gasteiger partial charge in [0.25, 0.3) is 0 Å². The lowest BCUT2D eigenvalue weighted by molar-refractivity contribution is -0.187. The average Bonchev–Trinajstić information content (AvgIpc) is 2.99. The molecule has 2 N–H and O–H groups in total. The molecule has 9 heteroatoms. The van der Waals surface area contributed by atoms with Crippen LogP contribution in [-0.4, -0.2) is 61.0 Å². The van der Waals surface area contributed by atoms with Gasteiger partial charge in [0.05, 0.1) is 17.9 Å². The van der Waals surface area contributed by atoms with E-state index in [1.807, 2.05) is 0 Å². The summed E-state index contributed by atoms with van der Waals surface area (Å²) in [7, 11) is 1.66. The number of likely N-dealkylation sites (tertiary alicyclic amines) is 1. The zero-order valence-electron chi connectivity index (χ0n) is 13.5. The van der Waals surface area contributed by atoms with Crippen molar-refractivity contribution in [2.24, 2.45) is 17.8 Å². The van der Waals surface area contributed by atoms with Crippen molar-refractivity contribution in [2.45, 2.75) is 38.0 Å². The van der Waals surface area contributed by atoms with Crippen LogP contribution < -0.4 is 5.32 Å². The predicted molar refractivity (Wildman–Crippen MR) is 78.4 cm³/mol. The summed E-state index contributed by atoms with van der Waals surface area (Å²) in [6.45, 7) is -0.634. The van der Waals surface area contributed by atoms with Gasteiger partial charge in [-0.15, -0.1) is 0 Å². The number of aliphatic carboxylic acids is 1. The summed E-state index contributed by atoms with van der Waals surface area (Å²) in [5, 5.41) is 11.6. The van der Waals surface area contributed by atoms with E-state index in [9.17, 15) is 22.8 Å². The Labute approximate surface area is 138 Å². The van der Waals surface area contributed by atoms with Gasteiger partial charge in [-0.3, -0.25) is 4.79 Å². The van der Waals surface area contributed by atoms with Crippen LogP contribution in [0.2, 0.25) is 0 Å². The molecule has 0 unspecified atom stereocenters. The Morgan fingerprint density at radius 2 is 1.83 bits per heavy atom. The fraction of sp³-hybridized carbons (Fsp3) is 0.867. The van der Waals surface area contributed by atoms with Crippen molar-refractivity contribution in [1.82, 2.24) is 10.2 Å². The van der Waals surface area contributed by atoms with Crippen LogP contribution in [-0.2, 0) is 9.53 Å². The molecule has 24 heavy (non-hydrogen) atoms. The molecule has 0 aromatic heterocycles. The van der Waals surface area contributed by atoms with Crippen molar-refractivity contribution in [3.05, 3.63) is 0 Å². The lowest BCUT2D eigenvalue weighted by atomic mass is 9.87. The molecule has 2 atom stereocenters. The van der Waals surface area contributed by atoms with Crippen molar-refractivity contribution in [3.63, 3.8) is 0 Å². The first-order chi connectivity index (χ1) is 11.2. The summed E-state index contributed by atoms with van der Waals surface area (Å²) in [5.41, 5.74) is 0. The third kappa shape index (κ3) is 4.52. The molecule has 1 saturated carbocycles. The Morgan fingerprint density at radius 1 is 1.21 bits per heavy atom. The van der Waals surface area contributed by atoms with Crippen LogP contribution >= 0.6 is 0 Å². The standard InChI is InChI=1S/C15H23F3N2O4/c1-24-10-4-2-9(3-5-10)6-19-14(23)20-7-11(13(21)22)12(8-20)15(16,17)18/h9-12H,2-8H2,1H3,(H,19,23)(H,21,22)/t9?,10?,11-,12-/m1/s1. The monoisotopic (exact) mass is 352 g/mol. The molecular formula is C15H23F3N2O4. The minimum absolute atomic E-state index is 0.236. The van der Waals surface area contributed by atoms with Crippen molar-refractivity contribution in [2.75, 3.05) is 26.7 Å². The second-order valence-electron chi connectivity index (χ2n) is 6.56. The highest BCUT2D eigenvalue weighted by Gasteiger charge is 2.53. The highest BCUT2D eigenvalue weighted by Crippen LogP contribution is 2.37. The largest absolute Gasteiger partial charge is 0.481 e. The molecule has 0 bridgehead atoms. The Balaban J connectivity index is 1.84. The molecule has 6 nitrogen and oxygen atoms in total. The number of nitrogens with one attached hydrogen (secondary N) is 1. The maximum Gasteiger partial charge on any atom is 0.394 e. The Kier molecular flexibility index (Phi) is 5.95. The Hall–Kier alpha value is -1.51. The number of nitrogens with zero attached hydrogens (tertiary/aromatic N) is 1. The SMILES string of the molecule is COC1CCC(CNC(=O)N2C[C@@H](C(F)(F)F)[C@H](C(=O)O)C2)CC1. The van der Waals surface area contributed by atoms with Crippen molar-refractivity contribution < 1.29 is 32.6 Å². The lowest BCUT2D eigenvalue weighted by Gasteiger charge is -2.28. The third-order valence-electron chi connectivity index (χ3n) is 5.01. The molecule has 2 fully saturated rings. The van der Waals surface area contributed by atoms with Gasteiger partial charge in [0.15, 0.2) is 0 Å². The van der Waals surface area contributed by atoms with Crippen LogP contribution in [0.15, 0.2) is 0 Å². The van der Waals surface area contributed by atoms with Crippen molar-refractivity contribution in [3.8, 4) is 0 Å². The molecule has 0 aromatic carbocycles. The Bertz CT molecular complexity index is 464. The summed E-state index contributed by atoms with van der Waals surface area (Å²) in [6, 6.07) is -0.623. The first-order valence-corrected chi connectivity index (χ1v) is 8.07. The first kappa shape index (κ1) is 18.8. The zero-order valence-corrected chi connectivity index (χ0v) is 13.5. The number of rotatable bonds is 4. The van der Waals surface area contributed by atoms with Gasteiger partial charge in [-0.2, -0.15) is 13.2 Å². The van der Waals surface area contributed by atoms with Gasteiger partial charge in [-0.1, -0.05) is 0 Å². The fourth-order valence-corrected chi connectivity index (χ4v) is 3.47. The van der Waals surface area contributed by atoms with E-state index in [2.05, 4.69) is 5.32 Å². The molecule has 0 spiro atoms. The van der Waals surface area contributed by atoms with E-state index in [1.165, 1.54) is 0 Å². The smallest absolute Gasteiger partial charge is 0.394 e. The van der Waals surface area contributed by atoms with Crippen LogP contribution in [0.5, 0.6) is 0 Å². The molecular weight excluding hydrogens is 329 g/mol. The fourth-order valence-electron chi connectivity index (χ4n) is 3.47. The second kappa shape index (κ2) is 7.58. The minimum Gasteiger partial charge on any atom is -0.481 e. The molecule has 2 rings (SSSR count). The number of amides is 2. The van der Waals surface area contributed by atoms with Gasteiger partial charge in [-0.25, -0.2) is 4.79 Å². The highest BCUT2D eigenvalue weighted by atomic mass is 19.4. The Morgan fingerprint density at radius 3 is 2.29 bits per heavy atom. The number of hydrogen-bond donors (Lipinski definition) is 2. The van der Waals surface area contributed by atoms with Gasteiger partial charge < -0.3 is 20.1 Å². The van der Waals surface area contributed by atoms with E-state index in [0.29, 0.717) is 6.54 Å². The second-order valence-corrected chi connectivity index (χ2v) is 6.56. The number of carboxylic acids is 1. The summed E-state index contributed by atoms with van der Waals surface area (Å²) in [4.78, 5) is 24.1. The molecule has 0 aromatic rings. The molecule has 2 amide bonds. The van der Waals surface area contributed by atoms with E-state index in [1.54, 1.807) is 7.11 Å². The highest BCUT2D eigenvalue weighted by molar-refractivity contribution is 5.77. The molecule has 1 saturated heterocycles. The summed E-state index contributed by atoms with van der Waals surface area (Å²) in [6.07, 6.45) is -0.810. The van der Waals surface area contributed by atoms with E-state index in [4.69, 9.17) is 9.84 Å². The third-order valence-corrected chi connectivity index (χ3v) is 5.01. The molecule has 2 aliphatic rings. The number of methoxy groups -OCH3 is 1. The number of halogens is 3. The van der Waals surface area contributed by atoms with Gasteiger partial charge in [0.1, 0.15) is 0 Å². The summed E-state index contributed by atoms with van der Waals surface area (Å²) >= 11 is 0. The summed E-state index contributed by atoms with van der Waals surface area (Å²) in [5.74, 6) is -4.87. The number of carbonyl (C=O) groups excluding carboxylic acids is 1.